The maximum absolute atomic E-state index is 12.5. The Morgan fingerprint density at radius 3 is 2.26 bits per heavy atom. The smallest absolute Gasteiger partial charge is 0.223 e. The van der Waals surface area contributed by atoms with Crippen LogP contribution in [0.2, 0.25) is 0 Å². The zero-order chi connectivity index (χ0) is 16.7. The van der Waals surface area contributed by atoms with Gasteiger partial charge in [-0.2, -0.15) is 17.4 Å². The number of thiophene rings is 1. The lowest BCUT2D eigenvalue weighted by atomic mass is 9.82. The van der Waals surface area contributed by atoms with Gasteiger partial charge < -0.3 is 0 Å². The standard InChI is InChI=1S/C14H22N2O4S3/c1-22(17,18)14-7-6-13(21-14)8-15-23(19,20)16-9-11-4-2-3-5-12(11)10-16/h6-7,11-12,15H,2-5,8-10H2,1H3/t11-,12+. The number of fused-ring (bicyclic) bond motifs is 1. The summed E-state index contributed by atoms with van der Waals surface area (Å²) in [5.74, 6) is 0.998. The highest BCUT2D eigenvalue weighted by Gasteiger charge is 2.39. The van der Waals surface area contributed by atoms with Gasteiger partial charge in [-0.1, -0.05) is 12.8 Å². The number of rotatable bonds is 5. The van der Waals surface area contributed by atoms with E-state index in [1.807, 2.05) is 0 Å². The van der Waals surface area contributed by atoms with Crippen LogP contribution in [0.1, 0.15) is 30.6 Å². The second-order valence-electron chi connectivity index (χ2n) is 6.44. The van der Waals surface area contributed by atoms with Gasteiger partial charge in [-0.05, 0) is 36.8 Å². The summed E-state index contributed by atoms with van der Waals surface area (Å²) < 4.78 is 52.3. The lowest BCUT2D eigenvalue weighted by Gasteiger charge is -2.22. The molecule has 1 aromatic rings. The molecule has 1 N–H and O–H groups in total. The number of nitrogens with one attached hydrogen (secondary N) is 1. The molecule has 3 rings (SSSR count). The van der Waals surface area contributed by atoms with Gasteiger partial charge in [0.2, 0.25) is 0 Å². The van der Waals surface area contributed by atoms with Crippen molar-refractivity contribution in [2.45, 2.75) is 36.4 Å². The molecule has 130 valence electrons. The number of nitrogens with zero attached hydrogens (tertiary/aromatic N) is 1. The van der Waals surface area contributed by atoms with Crippen molar-refractivity contribution in [3.8, 4) is 0 Å². The predicted octanol–water partition coefficient (Wildman–Crippen LogP) is 1.61. The normalized spacial score (nSPS) is 26.3. The van der Waals surface area contributed by atoms with Crippen molar-refractivity contribution in [3.05, 3.63) is 17.0 Å². The Morgan fingerprint density at radius 2 is 1.74 bits per heavy atom. The van der Waals surface area contributed by atoms with Crippen LogP contribution in [0, 0.1) is 11.8 Å². The van der Waals surface area contributed by atoms with Gasteiger partial charge in [0.25, 0.3) is 10.2 Å². The van der Waals surface area contributed by atoms with Crippen molar-refractivity contribution in [2.75, 3.05) is 19.3 Å². The van der Waals surface area contributed by atoms with Gasteiger partial charge in [0.05, 0.1) is 0 Å². The van der Waals surface area contributed by atoms with Crippen molar-refractivity contribution >= 4 is 31.4 Å². The Hall–Kier alpha value is -0.480. The monoisotopic (exact) mass is 378 g/mol. The molecule has 0 radical (unpaired) electrons. The highest BCUT2D eigenvalue weighted by atomic mass is 32.2. The van der Waals surface area contributed by atoms with Crippen molar-refractivity contribution < 1.29 is 16.8 Å². The molecule has 0 aromatic carbocycles. The molecule has 2 atom stereocenters. The van der Waals surface area contributed by atoms with Gasteiger partial charge in [-0.3, -0.25) is 0 Å². The Labute approximate surface area is 142 Å². The van der Waals surface area contributed by atoms with E-state index in [2.05, 4.69) is 4.72 Å². The lowest BCUT2D eigenvalue weighted by Crippen LogP contribution is -2.39. The molecule has 23 heavy (non-hydrogen) atoms. The van der Waals surface area contributed by atoms with Crippen LogP contribution in [0.15, 0.2) is 16.3 Å². The van der Waals surface area contributed by atoms with Gasteiger partial charge in [-0.25, -0.2) is 8.42 Å². The highest BCUT2D eigenvalue weighted by molar-refractivity contribution is 7.92. The lowest BCUT2D eigenvalue weighted by molar-refractivity contribution is 0.299. The third-order valence-corrected chi connectivity index (χ3v) is 9.11. The van der Waals surface area contributed by atoms with E-state index in [0.29, 0.717) is 29.8 Å². The van der Waals surface area contributed by atoms with E-state index in [-0.39, 0.29) is 10.8 Å². The largest absolute Gasteiger partial charge is 0.279 e. The fourth-order valence-electron chi connectivity index (χ4n) is 3.47. The quantitative estimate of drug-likeness (QED) is 0.844. The molecule has 0 amide bonds. The minimum absolute atomic E-state index is 0.133. The predicted molar refractivity (Wildman–Crippen MR) is 90.2 cm³/mol. The molecule has 0 bridgehead atoms. The first-order chi connectivity index (χ1) is 10.8. The van der Waals surface area contributed by atoms with E-state index in [1.54, 1.807) is 10.4 Å². The fraction of sp³-hybridized carbons (Fsp3) is 0.714. The fourth-order valence-corrected chi connectivity index (χ4v) is 6.77. The molecule has 1 saturated heterocycles. The van der Waals surface area contributed by atoms with Crippen molar-refractivity contribution in [1.82, 2.24) is 9.03 Å². The maximum atomic E-state index is 12.5. The molecular formula is C14H22N2O4S3. The summed E-state index contributed by atoms with van der Waals surface area (Å²) in [5.41, 5.74) is 0. The summed E-state index contributed by atoms with van der Waals surface area (Å²) in [6.45, 7) is 1.35. The van der Waals surface area contributed by atoms with E-state index in [4.69, 9.17) is 0 Å². The Balaban J connectivity index is 1.62. The summed E-state index contributed by atoms with van der Waals surface area (Å²) in [6.07, 6.45) is 5.80. The average molecular weight is 379 g/mol. The third kappa shape index (κ3) is 3.96. The third-order valence-electron chi connectivity index (χ3n) is 4.71. The average Bonchev–Trinajstić information content (AvgIpc) is 3.11. The molecule has 1 saturated carbocycles. The van der Waals surface area contributed by atoms with Crippen LogP contribution in [-0.4, -0.2) is 40.5 Å². The maximum Gasteiger partial charge on any atom is 0.279 e. The minimum atomic E-state index is -3.50. The van der Waals surface area contributed by atoms with Crippen LogP contribution in [0.25, 0.3) is 0 Å². The number of sulfone groups is 1. The molecule has 6 nitrogen and oxygen atoms in total. The molecule has 9 heteroatoms. The van der Waals surface area contributed by atoms with E-state index < -0.39 is 20.0 Å². The van der Waals surface area contributed by atoms with E-state index in [0.717, 1.165) is 30.4 Å². The summed E-state index contributed by atoms with van der Waals surface area (Å²) in [4.78, 5) is 0.700. The topological polar surface area (TPSA) is 83.5 Å². The van der Waals surface area contributed by atoms with Gasteiger partial charge in [-0.15, -0.1) is 11.3 Å². The molecule has 1 aliphatic heterocycles. The van der Waals surface area contributed by atoms with Crippen LogP contribution < -0.4 is 4.72 Å². The zero-order valence-corrected chi connectivity index (χ0v) is 15.5. The summed E-state index contributed by atoms with van der Waals surface area (Å²) in [6, 6.07) is 3.18. The highest BCUT2D eigenvalue weighted by Crippen LogP contribution is 2.36. The second kappa shape index (κ2) is 6.44. The Morgan fingerprint density at radius 1 is 1.13 bits per heavy atom. The SMILES string of the molecule is CS(=O)(=O)c1ccc(CNS(=O)(=O)N2C[C@H]3CCCC[C@H]3C2)s1. The first kappa shape index (κ1) is 17.3. The molecule has 1 aliphatic carbocycles. The van der Waals surface area contributed by atoms with Crippen LogP contribution in [0.3, 0.4) is 0 Å². The summed E-state index contributed by atoms with van der Waals surface area (Å²) in [5, 5.41) is 0. The molecule has 2 aliphatic rings. The summed E-state index contributed by atoms with van der Waals surface area (Å²) in [7, 11) is -6.74. The van der Waals surface area contributed by atoms with E-state index in [9.17, 15) is 16.8 Å². The molecule has 2 fully saturated rings. The van der Waals surface area contributed by atoms with Crippen LogP contribution >= 0.6 is 11.3 Å². The summed E-state index contributed by atoms with van der Waals surface area (Å²) >= 11 is 1.11. The number of hydrogen-bond acceptors (Lipinski definition) is 5. The number of hydrogen-bond donors (Lipinski definition) is 1. The molecule has 0 unspecified atom stereocenters. The minimum Gasteiger partial charge on any atom is -0.223 e. The van der Waals surface area contributed by atoms with Crippen molar-refractivity contribution in [3.63, 3.8) is 0 Å². The van der Waals surface area contributed by atoms with Gasteiger partial charge >= 0.3 is 0 Å². The Bertz CT molecular complexity index is 756. The molecular weight excluding hydrogens is 356 g/mol. The zero-order valence-electron chi connectivity index (χ0n) is 13.1. The second-order valence-corrected chi connectivity index (χ2v) is 11.6. The molecule has 0 spiro atoms. The van der Waals surface area contributed by atoms with Gasteiger partial charge in [0, 0.05) is 30.8 Å². The van der Waals surface area contributed by atoms with Crippen LogP contribution in [-0.2, 0) is 26.6 Å². The van der Waals surface area contributed by atoms with E-state index >= 15 is 0 Å². The van der Waals surface area contributed by atoms with Crippen molar-refractivity contribution in [1.29, 1.82) is 0 Å². The van der Waals surface area contributed by atoms with E-state index in [1.165, 1.54) is 18.9 Å². The first-order valence-electron chi connectivity index (χ1n) is 7.79. The molecule has 2 heterocycles. The molecule has 1 aromatic heterocycles. The van der Waals surface area contributed by atoms with Crippen LogP contribution in [0.4, 0.5) is 0 Å². The van der Waals surface area contributed by atoms with Gasteiger partial charge in [0.15, 0.2) is 9.84 Å². The first-order valence-corrected chi connectivity index (χ1v) is 11.9. The Kier molecular flexibility index (Phi) is 4.85. The van der Waals surface area contributed by atoms with Crippen LogP contribution in [0.5, 0.6) is 0 Å². The van der Waals surface area contributed by atoms with Crippen molar-refractivity contribution in [2.24, 2.45) is 11.8 Å². The van der Waals surface area contributed by atoms with Gasteiger partial charge in [0.1, 0.15) is 4.21 Å².